The van der Waals surface area contributed by atoms with Crippen LogP contribution in [-0.4, -0.2) is 15.9 Å². The van der Waals surface area contributed by atoms with E-state index in [0.29, 0.717) is 11.8 Å². The minimum Gasteiger partial charge on any atom is -0.439 e. The van der Waals surface area contributed by atoms with E-state index in [0.717, 1.165) is 6.07 Å². The normalized spacial score (nSPS) is 11.2. The molecule has 0 fully saturated rings. The maximum absolute atomic E-state index is 12.8. The van der Waals surface area contributed by atoms with Gasteiger partial charge in [0.25, 0.3) is 5.91 Å². The highest BCUT2D eigenvalue weighted by atomic mass is 35.5. The Kier molecular flexibility index (Phi) is 6.16. The Labute approximate surface area is 177 Å². The molecule has 3 aromatic rings. The molecule has 0 radical (unpaired) electrons. The van der Waals surface area contributed by atoms with Crippen LogP contribution in [0.15, 0.2) is 48.7 Å². The van der Waals surface area contributed by atoms with Crippen molar-refractivity contribution in [2.75, 3.05) is 5.32 Å². The molecule has 0 unspecified atom stereocenters. The average molecular weight is 463 g/mol. The summed E-state index contributed by atoms with van der Waals surface area (Å²) in [4.78, 5) is 19.8. The first kappa shape index (κ1) is 21.2. The van der Waals surface area contributed by atoms with Gasteiger partial charge in [0, 0.05) is 18.0 Å². The highest BCUT2D eigenvalue weighted by Crippen LogP contribution is 2.34. The number of nitrogens with zero attached hydrogens (tertiary/aromatic N) is 2. The maximum Gasteiger partial charge on any atom is 0.416 e. The summed E-state index contributed by atoms with van der Waals surface area (Å²) in [5.41, 5.74) is -0.465. The van der Waals surface area contributed by atoms with E-state index in [2.05, 4.69) is 15.3 Å². The van der Waals surface area contributed by atoms with Gasteiger partial charge in [-0.05, 0) is 36.4 Å². The molecule has 29 heavy (non-hydrogen) atoms. The zero-order chi connectivity index (χ0) is 21.2. The van der Waals surface area contributed by atoms with Crippen molar-refractivity contribution in [2.24, 2.45) is 0 Å². The minimum absolute atomic E-state index is 0.124. The van der Waals surface area contributed by atoms with Crippen molar-refractivity contribution >= 4 is 46.4 Å². The fourth-order valence-corrected chi connectivity index (χ4v) is 2.84. The zero-order valence-corrected chi connectivity index (χ0v) is 16.4. The van der Waals surface area contributed by atoms with Crippen molar-refractivity contribution in [1.29, 1.82) is 0 Å². The van der Waals surface area contributed by atoms with Gasteiger partial charge in [-0.3, -0.25) is 4.79 Å². The molecule has 2 heterocycles. The molecule has 0 atom stereocenters. The van der Waals surface area contributed by atoms with Crippen molar-refractivity contribution in [3.63, 3.8) is 0 Å². The largest absolute Gasteiger partial charge is 0.439 e. The topological polar surface area (TPSA) is 64.1 Å². The zero-order valence-electron chi connectivity index (χ0n) is 14.1. The lowest BCUT2D eigenvalue weighted by molar-refractivity contribution is -0.137. The Balaban J connectivity index is 1.72. The molecular weight excluding hydrogens is 454 g/mol. The van der Waals surface area contributed by atoms with Crippen LogP contribution in [0.1, 0.15) is 15.9 Å². The number of halogens is 6. The van der Waals surface area contributed by atoms with Gasteiger partial charge in [-0.1, -0.05) is 34.8 Å². The van der Waals surface area contributed by atoms with E-state index < -0.39 is 17.6 Å². The Morgan fingerprint density at radius 2 is 1.69 bits per heavy atom. The molecular formula is C18H9Cl3F3N3O2. The second-order valence-electron chi connectivity index (χ2n) is 5.58. The Morgan fingerprint density at radius 3 is 2.31 bits per heavy atom. The van der Waals surface area contributed by atoms with Crippen LogP contribution in [0.4, 0.5) is 18.9 Å². The van der Waals surface area contributed by atoms with E-state index in [1.807, 2.05) is 0 Å². The van der Waals surface area contributed by atoms with Crippen LogP contribution in [0, 0.1) is 0 Å². The number of anilines is 1. The molecule has 0 saturated heterocycles. The van der Waals surface area contributed by atoms with E-state index in [1.165, 1.54) is 36.5 Å². The van der Waals surface area contributed by atoms with Crippen LogP contribution in [0.25, 0.3) is 0 Å². The number of nitrogens with one attached hydrogen (secondary N) is 1. The Morgan fingerprint density at radius 1 is 1.00 bits per heavy atom. The number of ether oxygens (including phenoxy) is 1. The van der Waals surface area contributed by atoms with E-state index in [4.69, 9.17) is 39.5 Å². The number of alkyl halides is 3. The highest BCUT2D eigenvalue weighted by molar-refractivity contribution is 6.36. The van der Waals surface area contributed by atoms with Gasteiger partial charge < -0.3 is 10.1 Å². The van der Waals surface area contributed by atoms with Gasteiger partial charge in [-0.15, -0.1) is 0 Å². The third-order valence-electron chi connectivity index (χ3n) is 3.50. The van der Waals surface area contributed by atoms with Crippen LogP contribution >= 0.6 is 34.8 Å². The lowest BCUT2D eigenvalue weighted by Crippen LogP contribution is -2.12. The third-order valence-corrected chi connectivity index (χ3v) is 4.21. The number of rotatable bonds is 4. The lowest BCUT2D eigenvalue weighted by atomic mass is 10.2. The van der Waals surface area contributed by atoms with E-state index >= 15 is 0 Å². The number of amides is 1. The first-order valence-electron chi connectivity index (χ1n) is 7.77. The molecule has 1 amide bonds. The van der Waals surface area contributed by atoms with E-state index in [1.54, 1.807) is 0 Å². The molecule has 0 saturated carbocycles. The predicted octanol–water partition coefficient (Wildman–Crippen LogP) is 6.50. The summed E-state index contributed by atoms with van der Waals surface area (Å²) in [7, 11) is 0. The summed E-state index contributed by atoms with van der Waals surface area (Å²) in [5, 5.41) is 2.53. The number of carbonyl (C=O) groups excluding carboxylic acids is 1. The number of hydrogen-bond acceptors (Lipinski definition) is 4. The van der Waals surface area contributed by atoms with E-state index in [9.17, 15) is 18.0 Å². The molecule has 11 heteroatoms. The summed E-state index contributed by atoms with van der Waals surface area (Å²) in [6.45, 7) is 0. The average Bonchev–Trinajstić information content (AvgIpc) is 2.62. The first-order valence-corrected chi connectivity index (χ1v) is 8.90. The molecule has 150 valence electrons. The van der Waals surface area contributed by atoms with Gasteiger partial charge >= 0.3 is 6.18 Å². The van der Waals surface area contributed by atoms with Crippen LogP contribution in [0.3, 0.4) is 0 Å². The molecule has 2 aromatic heterocycles. The number of benzene rings is 1. The SMILES string of the molecule is O=C(Nc1ccc(Oc2cc(C(F)(F)F)cc(Cl)n2)cc1)c1cnc(Cl)cc1Cl. The Bertz CT molecular complexity index is 1060. The van der Waals surface area contributed by atoms with Gasteiger partial charge in [0.15, 0.2) is 0 Å². The van der Waals surface area contributed by atoms with E-state index in [-0.39, 0.29) is 32.5 Å². The number of hydrogen-bond donors (Lipinski definition) is 1. The highest BCUT2D eigenvalue weighted by Gasteiger charge is 2.31. The second kappa shape index (κ2) is 8.44. The molecule has 0 bridgehead atoms. The molecule has 1 aromatic carbocycles. The summed E-state index contributed by atoms with van der Waals surface area (Å²) in [5.74, 6) is -0.642. The van der Waals surface area contributed by atoms with Crippen molar-refractivity contribution < 1.29 is 22.7 Å². The molecule has 0 spiro atoms. The number of aromatic nitrogens is 2. The van der Waals surface area contributed by atoms with Crippen molar-refractivity contribution in [3.8, 4) is 11.6 Å². The van der Waals surface area contributed by atoms with Gasteiger partial charge in [0.2, 0.25) is 5.88 Å². The van der Waals surface area contributed by atoms with Gasteiger partial charge in [-0.25, -0.2) is 9.97 Å². The van der Waals surface area contributed by atoms with Gasteiger partial charge in [0.05, 0.1) is 16.1 Å². The quantitative estimate of drug-likeness (QED) is 0.450. The third kappa shape index (κ3) is 5.50. The predicted molar refractivity (Wildman–Crippen MR) is 103 cm³/mol. The standard InChI is InChI=1S/C18H9Cl3F3N3O2/c19-13-7-14(20)25-8-12(13)17(28)26-10-1-3-11(4-2-10)29-16-6-9(18(22,23)24)5-15(21)27-16/h1-8H,(H,26,28). The minimum atomic E-state index is -4.59. The number of carbonyl (C=O) groups is 1. The summed E-state index contributed by atoms with van der Waals surface area (Å²) < 4.78 is 43.9. The first-order chi connectivity index (χ1) is 13.6. The fraction of sp³-hybridized carbons (Fsp3) is 0.0556. The summed E-state index contributed by atoms with van der Waals surface area (Å²) >= 11 is 17.3. The van der Waals surface area contributed by atoms with Crippen molar-refractivity contribution in [2.45, 2.75) is 6.18 Å². The molecule has 1 N–H and O–H groups in total. The lowest BCUT2D eigenvalue weighted by Gasteiger charge is -2.11. The molecule has 0 aliphatic heterocycles. The second-order valence-corrected chi connectivity index (χ2v) is 6.76. The van der Waals surface area contributed by atoms with Crippen LogP contribution in [-0.2, 0) is 6.18 Å². The van der Waals surface area contributed by atoms with Crippen LogP contribution in [0.2, 0.25) is 15.3 Å². The Hall–Kier alpha value is -2.55. The van der Waals surface area contributed by atoms with Gasteiger partial charge in [-0.2, -0.15) is 13.2 Å². The van der Waals surface area contributed by atoms with Crippen LogP contribution in [0.5, 0.6) is 11.6 Å². The maximum atomic E-state index is 12.8. The molecule has 0 aliphatic carbocycles. The molecule has 0 aliphatic rings. The van der Waals surface area contributed by atoms with Crippen molar-refractivity contribution in [3.05, 3.63) is 75.1 Å². The van der Waals surface area contributed by atoms with Crippen molar-refractivity contribution in [1.82, 2.24) is 9.97 Å². The van der Waals surface area contributed by atoms with Crippen LogP contribution < -0.4 is 10.1 Å². The summed E-state index contributed by atoms with van der Waals surface area (Å²) in [6.07, 6.45) is -3.35. The van der Waals surface area contributed by atoms with Gasteiger partial charge in [0.1, 0.15) is 16.1 Å². The molecule has 5 nitrogen and oxygen atoms in total. The monoisotopic (exact) mass is 461 g/mol. The fourth-order valence-electron chi connectivity index (χ4n) is 2.19. The number of pyridine rings is 2. The summed E-state index contributed by atoms with van der Waals surface area (Å²) in [6, 6.07) is 8.61. The smallest absolute Gasteiger partial charge is 0.416 e. The molecule has 3 rings (SSSR count).